The maximum atomic E-state index is 13.1. The van der Waals surface area contributed by atoms with E-state index in [4.69, 9.17) is 11.6 Å². The van der Waals surface area contributed by atoms with Crippen molar-refractivity contribution in [3.63, 3.8) is 0 Å². The van der Waals surface area contributed by atoms with Gasteiger partial charge in [0.1, 0.15) is 11.5 Å². The van der Waals surface area contributed by atoms with Gasteiger partial charge in [-0.05, 0) is 55.2 Å². The van der Waals surface area contributed by atoms with Gasteiger partial charge in [-0.3, -0.25) is 9.78 Å². The molecular weight excluding hydrogens is 391 g/mol. The number of nitriles is 1. The van der Waals surface area contributed by atoms with Crippen molar-refractivity contribution in [1.29, 1.82) is 5.26 Å². The molecular formula is C22H18ClFN4O. The van der Waals surface area contributed by atoms with Gasteiger partial charge in [-0.1, -0.05) is 23.7 Å². The molecule has 146 valence electrons. The van der Waals surface area contributed by atoms with Crippen molar-refractivity contribution < 1.29 is 9.18 Å². The molecule has 7 heteroatoms. The van der Waals surface area contributed by atoms with Gasteiger partial charge in [0.2, 0.25) is 0 Å². The molecule has 2 aromatic carbocycles. The number of piperidine rings is 1. The molecule has 0 unspecified atom stereocenters. The molecule has 1 aliphatic heterocycles. The Morgan fingerprint density at radius 1 is 1.17 bits per heavy atom. The van der Waals surface area contributed by atoms with Gasteiger partial charge in [-0.15, -0.1) is 0 Å². The predicted molar refractivity (Wildman–Crippen MR) is 108 cm³/mol. The van der Waals surface area contributed by atoms with Crippen molar-refractivity contribution in [2.75, 3.05) is 13.1 Å². The van der Waals surface area contributed by atoms with E-state index in [1.807, 2.05) is 0 Å². The zero-order chi connectivity index (χ0) is 20.4. The topological polar surface area (TPSA) is 69.9 Å². The lowest BCUT2D eigenvalue weighted by Gasteiger charge is -2.37. The largest absolute Gasteiger partial charge is 0.337 e. The first-order valence-electron chi connectivity index (χ1n) is 9.35. The maximum Gasteiger partial charge on any atom is 0.274 e. The summed E-state index contributed by atoms with van der Waals surface area (Å²) in [5.74, 6) is -0.485. The van der Waals surface area contributed by atoms with Gasteiger partial charge in [-0.25, -0.2) is 9.37 Å². The van der Waals surface area contributed by atoms with Crippen LogP contribution in [0.1, 0.15) is 28.9 Å². The standard InChI is InChI=1S/C22H18ClFN4O/c23-16-3-6-18-19(11-16)26-13-20(27-18)21(29)28-9-7-22(14-25,8-10-28)12-15-1-4-17(24)5-2-15/h1-6,11,13H,7-10,12H2. The number of amides is 1. The molecule has 0 radical (unpaired) electrons. The molecule has 0 atom stereocenters. The number of nitrogens with zero attached hydrogens (tertiary/aromatic N) is 4. The lowest BCUT2D eigenvalue weighted by atomic mass is 9.75. The molecule has 0 N–H and O–H groups in total. The summed E-state index contributed by atoms with van der Waals surface area (Å²) in [7, 11) is 0. The van der Waals surface area contributed by atoms with Crippen LogP contribution in [0.15, 0.2) is 48.7 Å². The zero-order valence-electron chi connectivity index (χ0n) is 15.6. The number of benzene rings is 2. The second-order valence-corrected chi connectivity index (χ2v) is 7.81. The highest BCUT2D eigenvalue weighted by Gasteiger charge is 2.36. The average molecular weight is 409 g/mol. The SMILES string of the molecule is N#CC1(Cc2ccc(F)cc2)CCN(C(=O)c2cnc3cc(Cl)ccc3n2)CC1. The van der Waals surface area contributed by atoms with Gasteiger partial charge in [0.25, 0.3) is 5.91 Å². The van der Waals surface area contributed by atoms with E-state index in [9.17, 15) is 14.4 Å². The van der Waals surface area contributed by atoms with Gasteiger partial charge in [-0.2, -0.15) is 5.26 Å². The first-order valence-corrected chi connectivity index (χ1v) is 9.73. The molecule has 5 nitrogen and oxygen atoms in total. The first-order chi connectivity index (χ1) is 14.0. The number of carbonyl (C=O) groups excluding carboxylic acids is 1. The predicted octanol–water partition coefficient (Wildman–Crippen LogP) is 4.41. The summed E-state index contributed by atoms with van der Waals surface area (Å²) in [6.45, 7) is 0.932. The van der Waals surface area contributed by atoms with Crippen LogP contribution in [-0.4, -0.2) is 33.9 Å². The van der Waals surface area contributed by atoms with Crippen LogP contribution >= 0.6 is 11.6 Å². The minimum atomic E-state index is -0.555. The fourth-order valence-corrected chi connectivity index (χ4v) is 3.87. The minimum absolute atomic E-state index is 0.192. The van der Waals surface area contributed by atoms with Crippen molar-refractivity contribution in [2.45, 2.75) is 19.3 Å². The molecule has 1 fully saturated rings. The highest BCUT2D eigenvalue weighted by atomic mass is 35.5. The number of rotatable bonds is 3. The monoisotopic (exact) mass is 408 g/mol. The zero-order valence-corrected chi connectivity index (χ0v) is 16.4. The first kappa shape index (κ1) is 19.3. The Morgan fingerprint density at radius 3 is 2.59 bits per heavy atom. The van der Waals surface area contributed by atoms with Crippen molar-refractivity contribution in [3.8, 4) is 6.07 Å². The van der Waals surface area contributed by atoms with Gasteiger partial charge < -0.3 is 4.90 Å². The second kappa shape index (κ2) is 7.76. The van der Waals surface area contributed by atoms with Crippen molar-refractivity contribution >= 4 is 28.5 Å². The summed E-state index contributed by atoms with van der Waals surface area (Å²) in [6.07, 6.45) is 3.13. The number of hydrogen-bond donors (Lipinski definition) is 0. The molecule has 0 bridgehead atoms. The Balaban J connectivity index is 1.46. The molecule has 4 rings (SSSR count). The third-order valence-corrected chi connectivity index (χ3v) is 5.66. The molecule has 1 amide bonds. The summed E-state index contributed by atoms with van der Waals surface area (Å²) < 4.78 is 13.1. The second-order valence-electron chi connectivity index (χ2n) is 7.38. The molecule has 2 heterocycles. The number of halogens is 2. The van der Waals surface area contributed by atoms with Crippen LogP contribution in [0.5, 0.6) is 0 Å². The number of hydrogen-bond acceptors (Lipinski definition) is 4. The summed E-state index contributed by atoms with van der Waals surface area (Å²) in [5.41, 5.74) is 1.89. The highest BCUT2D eigenvalue weighted by molar-refractivity contribution is 6.31. The fraction of sp³-hybridized carbons (Fsp3) is 0.273. The van der Waals surface area contributed by atoms with Crippen LogP contribution in [0.2, 0.25) is 5.02 Å². The number of carbonyl (C=O) groups is 1. The number of likely N-dealkylation sites (tertiary alicyclic amines) is 1. The molecule has 29 heavy (non-hydrogen) atoms. The summed E-state index contributed by atoms with van der Waals surface area (Å²) in [4.78, 5) is 23.3. The fourth-order valence-electron chi connectivity index (χ4n) is 3.71. The van der Waals surface area contributed by atoms with Gasteiger partial charge >= 0.3 is 0 Å². The molecule has 0 aliphatic carbocycles. The van der Waals surface area contributed by atoms with E-state index in [1.54, 1.807) is 35.2 Å². The van der Waals surface area contributed by atoms with Crippen LogP contribution < -0.4 is 0 Å². The quantitative estimate of drug-likeness (QED) is 0.643. The van der Waals surface area contributed by atoms with Gasteiger partial charge in [0.15, 0.2) is 0 Å². The van der Waals surface area contributed by atoms with Crippen molar-refractivity contribution in [1.82, 2.24) is 14.9 Å². The number of fused-ring (bicyclic) bond motifs is 1. The van der Waals surface area contributed by atoms with Crippen LogP contribution in [-0.2, 0) is 6.42 Å². The van der Waals surface area contributed by atoms with Crippen LogP contribution in [0, 0.1) is 22.6 Å². The number of aromatic nitrogens is 2. The third-order valence-electron chi connectivity index (χ3n) is 5.42. The maximum absolute atomic E-state index is 13.1. The Morgan fingerprint density at radius 2 is 1.90 bits per heavy atom. The minimum Gasteiger partial charge on any atom is -0.337 e. The van der Waals surface area contributed by atoms with E-state index in [0.717, 1.165) is 5.56 Å². The molecule has 0 spiro atoms. The molecule has 1 aromatic heterocycles. The van der Waals surface area contributed by atoms with E-state index in [0.29, 0.717) is 48.4 Å². The highest BCUT2D eigenvalue weighted by Crippen LogP contribution is 2.35. The van der Waals surface area contributed by atoms with Crippen LogP contribution in [0.4, 0.5) is 4.39 Å². The van der Waals surface area contributed by atoms with E-state index in [1.165, 1.54) is 18.3 Å². The van der Waals surface area contributed by atoms with Crippen LogP contribution in [0.25, 0.3) is 11.0 Å². The van der Waals surface area contributed by atoms with E-state index < -0.39 is 5.41 Å². The Bertz CT molecular complexity index is 1100. The van der Waals surface area contributed by atoms with Gasteiger partial charge in [0.05, 0.1) is 28.7 Å². The summed E-state index contributed by atoms with van der Waals surface area (Å²) in [5, 5.41) is 10.3. The van der Waals surface area contributed by atoms with Crippen LogP contribution in [0.3, 0.4) is 0 Å². The Kier molecular flexibility index (Phi) is 5.16. The lowest BCUT2D eigenvalue weighted by molar-refractivity contribution is 0.0641. The third kappa shape index (κ3) is 4.06. The molecule has 1 aliphatic rings. The van der Waals surface area contributed by atoms with Gasteiger partial charge in [0, 0.05) is 18.1 Å². The molecule has 1 saturated heterocycles. The Hall–Kier alpha value is -3.04. The summed E-state index contributed by atoms with van der Waals surface area (Å²) >= 11 is 5.96. The van der Waals surface area contributed by atoms with E-state index >= 15 is 0 Å². The Labute approximate surface area is 172 Å². The molecule has 0 saturated carbocycles. The van der Waals surface area contributed by atoms with E-state index in [2.05, 4.69) is 16.0 Å². The van der Waals surface area contributed by atoms with E-state index in [-0.39, 0.29) is 17.4 Å². The van der Waals surface area contributed by atoms with Crippen molar-refractivity contribution in [2.24, 2.45) is 5.41 Å². The lowest BCUT2D eigenvalue weighted by Crippen LogP contribution is -2.43. The smallest absolute Gasteiger partial charge is 0.274 e. The molecule has 3 aromatic rings. The van der Waals surface area contributed by atoms with Crippen molar-refractivity contribution in [3.05, 3.63) is 70.8 Å². The summed E-state index contributed by atoms with van der Waals surface area (Å²) in [6, 6.07) is 13.8. The average Bonchev–Trinajstić information content (AvgIpc) is 2.75. The normalized spacial score (nSPS) is 15.8.